The summed E-state index contributed by atoms with van der Waals surface area (Å²) in [7, 11) is 0. The van der Waals surface area contributed by atoms with Crippen LogP contribution in [0.2, 0.25) is 0 Å². The molecule has 0 radical (unpaired) electrons. The number of aliphatic hydroxyl groups excluding tert-OH is 2. The molecule has 0 heterocycles. The number of rotatable bonds is 6. The van der Waals surface area contributed by atoms with Gasteiger partial charge in [-0.1, -0.05) is 58.0 Å². The number of amides is 2. The van der Waals surface area contributed by atoms with Gasteiger partial charge in [0.05, 0.1) is 12.7 Å². The minimum absolute atomic E-state index is 0.0708. The quantitative estimate of drug-likeness (QED) is 0.606. The first-order valence-electron chi connectivity index (χ1n) is 8.67. The summed E-state index contributed by atoms with van der Waals surface area (Å²) >= 11 is 0. The van der Waals surface area contributed by atoms with Crippen LogP contribution in [0.1, 0.15) is 33.3 Å². The van der Waals surface area contributed by atoms with Crippen LogP contribution in [0.4, 0.5) is 4.79 Å². The predicted molar refractivity (Wildman–Crippen MR) is 96.1 cm³/mol. The Kier molecular flexibility index (Phi) is 5.93. The number of benzene rings is 1. The van der Waals surface area contributed by atoms with Gasteiger partial charge in [-0.2, -0.15) is 0 Å². The smallest absolute Gasteiger partial charge is 0.408 e. The maximum absolute atomic E-state index is 12.4. The van der Waals surface area contributed by atoms with Crippen LogP contribution in [0.3, 0.4) is 0 Å². The maximum atomic E-state index is 12.4. The molecular weight excluding hydrogens is 336 g/mol. The second kappa shape index (κ2) is 7.63. The lowest BCUT2D eigenvalue weighted by molar-refractivity contribution is -0.186. The summed E-state index contributed by atoms with van der Waals surface area (Å²) in [6, 6.07) is 7.74. The van der Waals surface area contributed by atoms with Crippen molar-refractivity contribution in [1.82, 2.24) is 10.6 Å². The number of alkyl carbamates (subject to hydrolysis) is 1. The Labute approximate surface area is 153 Å². The highest BCUT2D eigenvalue weighted by Crippen LogP contribution is 2.53. The molecule has 2 amide bonds. The van der Waals surface area contributed by atoms with Crippen molar-refractivity contribution in [3.8, 4) is 0 Å². The Morgan fingerprint density at radius 3 is 2.27 bits per heavy atom. The van der Waals surface area contributed by atoms with Crippen LogP contribution in [0.15, 0.2) is 30.3 Å². The van der Waals surface area contributed by atoms with Gasteiger partial charge >= 0.3 is 6.09 Å². The lowest BCUT2D eigenvalue weighted by atomic mass is 9.49. The molecule has 1 aliphatic rings. The van der Waals surface area contributed by atoms with E-state index in [0.717, 1.165) is 5.56 Å². The number of aliphatic hydroxyl groups is 2. The summed E-state index contributed by atoms with van der Waals surface area (Å²) in [5, 5.41) is 24.9. The second-order valence-electron chi connectivity index (χ2n) is 7.93. The van der Waals surface area contributed by atoms with Crippen LogP contribution >= 0.6 is 0 Å². The third-order valence-corrected chi connectivity index (χ3v) is 5.19. The Hall–Kier alpha value is -2.12. The molecule has 7 nitrogen and oxygen atoms in total. The van der Waals surface area contributed by atoms with Gasteiger partial charge in [0.1, 0.15) is 12.6 Å². The molecule has 1 aromatic carbocycles. The van der Waals surface area contributed by atoms with Gasteiger partial charge in [0.15, 0.2) is 0 Å². The monoisotopic (exact) mass is 364 g/mol. The van der Waals surface area contributed by atoms with Crippen molar-refractivity contribution < 1.29 is 24.5 Å². The van der Waals surface area contributed by atoms with Crippen molar-refractivity contribution in [1.29, 1.82) is 0 Å². The molecule has 4 N–H and O–H groups in total. The van der Waals surface area contributed by atoms with Gasteiger partial charge in [-0.25, -0.2) is 4.79 Å². The molecule has 7 heteroatoms. The van der Waals surface area contributed by atoms with Crippen LogP contribution in [0, 0.1) is 10.8 Å². The lowest BCUT2D eigenvalue weighted by Crippen LogP contribution is -2.74. The van der Waals surface area contributed by atoms with Gasteiger partial charge in [-0.05, 0) is 5.56 Å². The van der Waals surface area contributed by atoms with Crippen LogP contribution in [0.25, 0.3) is 0 Å². The standard InChI is InChI=1S/C19H28N2O5/c1-18(2)15(19(3,4)16(18)24)21-14(23)13(10-22)20-17(25)26-11-12-8-6-5-7-9-12/h5-9,13,15-16,22,24H,10-11H2,1-4H3,(H,20,25)(H,21,23)/t13-,15?,16?/m1/s1. The Bertz CT molecular complexity index is 629. The molecule has 1 atom stereocenters. The molecule has 1 fully saturated rings. The van der Waals surface area contributed by atoms with E-state index in [4.69, 9.17) is 4.74 Å². The molecule has 0 aromatic heterocycles. The van der Waals surface area contributed by atoms with Crippen molar-refractivity contribution in [2.24, 2.45) is 10.8 Å². The van der Waals surface area contributed by atoms with E-state index >= 15 is 0 Å². The van der Waals surface area contributed by atoms with Gasteiger partial charge in [0, 0.05) is 16.9 Å². The molecule has 26 heavy (non-hydrogen) atoms. The van der Waals surface area contributed by atoms with Crippen LogP contribution in [0.5, 0.6) is 0 Å². The fraction of sp³-hybridized carbons (Fsp3) is 0.579. The lowest BCUT2D eigenvalue weighted by Gasteiger charge is -2.61. The molecule has 1 aromatic rings. The van der Waals surface area contributed by atoms with E-state index in [-0.39, 0.29) is 12.6 Å². The number of ether oxygens (including phenoxy) is 1. The third kappa shape index (κ3) is 3.99. The normalized spacial score (nSPS) is 24.1. The van der Waals surface area contributed by atoms with E-state index in [1.807, 2.05) is 58.0 Å². The molecule has 0 aliphatic heterocycles. The molecule has 144 valence electrons. The first-order valence-corrected chi connectivity index (χ1v) is 8.67. The largest absolute Gasteiger partial charge is 0.445 e. The van der Waals surface area contributed by atoms with Crippen LogP contribution in [-0.4, -0.2) is 47.0 Å². The van der Waals surface area contributed by atoms with E-state index in [9.17, 15) is 19.8 Å². The number of carbonyl (C=O) groups excluding carboxylic acids is 2. The zero-order valence-corrected chi connectivity index (χ0v) is 15.7. The van der Waals surface area contributed by atoms with Crippen molar-refractivity contribution in [2.75, 3.05) is 6.61 Å². The molecule has 1 saturated carbocycles. The number of hydrogen-bond donors (Lipinski definition) is 4. The van der Waals surface area contributed by atoms with Gasteiger partial charge in [0.2, 0.25) is 5.91 Å². The topological polar surface area (TPSA) is 108 Å². The first-order chi connectivity index (χ1) is 12.1. The average Bonchev–Trinajstić information content (AvgIpc) is 2.62. The molecule has 2 rings (SSSR count). The summed E-state index contributed by atoms with van der Waals surface area (Å²) < 4.78 is 5.07. The summed E-state index contributed by atoms with van der Waals surface area (Å²) in [5.74, 6) is -0.512. The van der Waals surface area contributed by atoms with E-state index in [1.54, 1.807) is 0 Å². The molecule has 0 spiro atoms. The number of hydrogen-bond acceptors (Lipinski definition) is 5. The zero-order valence-electron chi connectivity index (χ0n) is 15.7. The highest BCUT2D eigenvalue weighted by Gasteiger charge is 2.61. The summed E-state index contributed by atoms with van der Waals surface area (Å²) in [6.45, 7) is 6.98. The maximum Gasteiger partial charge on any atom is 0.408 e. The van der Waals surface area contributed by atoms with E-state index in [1.165, 1.54) is 0 Å². The SMILES string of the molecule is CC1(C)C(O)C(C)(C)C1NC(=O)[C@@H](CO)NC(=O)OCc1ccccc1. The fourth-order valence-corrected chi connectivity index (χ4v) is 3.85. The highest BCUT2D eigenvalue weighted by molar-refractivity contribution is 5.86. The van der Waals surface area contributed by atoms with Crippen molar-refractivity contribution in [3.63, 3.8) is 0 Å². The van der Waals surface area contributed by atoms with Gasteiger partial charge in [-0.15, -0.1) is 0 Å². The molecular formula is C19H28N2O5. The van der Waals surface area contributed by atoms with Crippen molar-refractivity contribution in [3.05, 3.63) is 35.9 Å². The molecule has 0 bridgehead atoms. The molecule has 0 saturated heterocycles. The van der Waals surface area contributed by atoms with E-state index in [0.29, 0.717) is 0 Å². The third-order valence-electron chi connectivity index (χ3n) is 5.19. The summed E-state index contributed by atoms with van der Waals surface area (Å²) in [5.41, 5.74) is -0.167. The van der Waals surface area contributed by atoms with E-state index < -0.39 is 41.6 Å². The number of nitrogens with one attached hydrogen (secondary N) is 2. The Morgan fingerprint density at radius 2 is 1.73 bits per heavy atom. The van der Waals surface area contributed by atoms with Gasteiger partial charge < -0.3 is 25.6 Å². The summed E-state index contributed by atoms with van der Waals surface area (Å²) in [4.78, 5) is 24.3. The second-order valence-corrected chi connectivity index (χ2v) is 7.93. The van der Waals surface area contributed by atoms with Crippen LogP contribution in [-0.2, 0) is 16.1 Å². The Balaban J connectivity index is 1.89. The van der Waals surface area contributed by atoms with Crippen molar-refractivity contribution in [2.45, 2.75) is 52.5 Å². The van der Waals surface area contributed by atoms with Crippen molar-refractivity contribution >= 4 is 12.0 Å². The summed E-state index contributed by atoms with van der Waals surface area (Å²) in [6.07, 6.45) is -1.34. The fourth-order valence-electron chi connectivity index (χ4n) is 3.85. The van der Waals surface area contributed by atoms with Crippen LogP contribution < -0.4 is 10.6 Å². The van der Waals surface area contributed by atoms with Gasteiger partial charge in [-0.3, -0.25) is 4.79 Å². The molecule has 0 unspecified atom stereocenters. The van der Waals surface area contributed by atoms with E-state index in [2.05, 4.69) is 10.6 Å². The highest BCUT2D eigenvalue weighted by atomic mass is 16.5. The first kappa shape index (κ1) is 20.2. The van der Waals surface area contributed by atoms with Gasteiger partial charge in [0.25, 0.3) is 0 Å². The average molecular weight is 364 g/mol. The predicted octanol–water partition coefficient (Wildman–Crippen LogP) is 1.19. The Morgan fingerprint density at radius 1 is 1.15 bits per heavy atom. The minimum atomic E-state index is -1.12. The zero-order chi connectivity index (χ0) is 19.5. The minimum Gasteiger partial charge on any atom is -0.445 e. The molecule has 1 aliphatic carbocycles. The number of carbonyl (C=O) groups is 2.